The summed E-state index contributed by atoms with van der Waals surface area (Å²) in [6, 6.07) is 3.33. The number of hydrogen-bond acceptors (Lipinski definition) is 5. The van der Waals surface area contributed by atoms with Gasteiger partial charge in [-0.1, -0.05) is 0 Å². The molecule has 78 valence electrons. The van der Waals surface area contributed by atoms with Gasteiger partial charge in [-0.3, -0.25) is 10.1 Å². The van der Waals surface area contributed by atoms with E-state index in [1.807, 2.05) is 0 Å². The Labute approximate surface area is 84.4 Å². The standard InChI is InChI=1S/C7H5N3O4S/c8-7-5-3-4(10(11)12)1-2-6(5)15(13,14)9-7/h1-3H,(H2,8,9). The topological polar surface area (TPSA) is 116 Å². The van der Waals surface area contributed by atoms with Crippen molar-refractivity contribution in [3.05, 3.63) is 33.9 Å². The first-order valence-corrected chi connectivity index (χ1v) is 5.25. The van der Waals surface area contributed by atoms with Gasteiger partial charge in [-0.15, -0.1) is 4.40 Å². The second-order valence-electron chi connectivity index (χ2n) is 2.89. The molecule has 8 heteroatoms. The summed E-state index contributed by atoms with van der Waals surface area (Å²) in [4.78, 5) is 9.73. The highest BCUT2D eigenvalue weighted by Crippen LogP contribution is 2.27. The molecule has 0 saturated heterocycles. The molecule has 1 aliphatic rings. The van der Waals surface area contributed by atoms with E-state index in [4.69, 9.17) is 5.73 Å². The number of nitro benzene ring substituents is 1. The van der Waals surface area contributed by atoms with E-state index in [2.05, 4.69) is 4.40 Å². The average Bonchev–Trinajstić information content (AvgIpc) is 2.37. The number of amidine groups is 1. The Bertz CT molecular complexity index is 590. The lowest BCUT2D eigenvalue weighted by atomic mass is 10.2. The van der Waals surface area contributed by atoms with E-state index < -0.39 is 14.9 Å². The third-order valence-corrected chi connectivity index (χ3v) is 3.30. The summed E-state index contributed by atoms with van der Waals surface area (Å²) in [7, 11) is -3.76. The summed E-state index contributed by atoms with van der Waals surface area (Å²) in [6.45, 7) is 0. The van der Waals surface area contributed by atoms with Crippen LogP contribution in [0.2, 0.25) is 0 Å². The van der Waals surface area contributed by atoms with Gasteiger partial charge in [0.2, 0.25) is 0 Å². The molecule has 0 unspecified atom stereocenters. The lowest BCUT2D eigenvalue weighted by Crippen LogP contribution is -2.10. The fraction of sp³-hybridized carbons (Fsp3) is 0. The molecular weight excluding hydrogens is 222 g/mol. The third kappa shape index (κ3) is 1.34. The predicted octanol–water partition coefficient (Wildman–Crippen LogP) is 0.00240. The summed E-state index contributed by atoms with van der Waals surface area (Å²) in [5.41, 5.74) is 5.21. The molecule has 2 rings (SSSR count). The third-order valence-electron chi connectivity index (χ3n) is 1.95. The molecule has 0 atom stereocenters. The summed E-state index contributed by atoms with van der Waals surface area (Å²) in [5.74, 6) is -0.214. The molecule has 2 N–H and O–H groups in total. The fourth-order valence-corrected chi connectivity index (χ4v) is 2.42. The van der Waals surface area contributed by atoms with E-state index in [9.17, 15) is 18.5 Å². The van der Waals surface area contributed by atoms with Crippen molar-refractivity contribution in [2.75, 3.05) is 0 Å². The highest BCUT2D eigenvalue weighted by Gasteiger charge is 2.28. The van der Waals surface area contributed by atoms with Gasteiger partial charge in [0.1, 0.15) is 10.7 Å². The number of benzene rings is 1. The van der Waals surface area contributed by atoms with Crippen LogP contribution in [-0.2, 0) is 10.0 Å². The fourth-order valence-electron chi connectivity index (χ4n) is 1.28. The van der Waals surface area contributed by atoms with Gasteiger partial charge in [0.05, 0.1) is 4.92 Å². The van der Waals surface area contributed by atoms with Crippen molar-refractivity contribution in [1.82, 2.24) is 0 Å². The molecule has 0 amide bonds. The van der Waals surface area contributed by atoms with Gasteiger partial charge < -0.3 is 5.73 Å². The number of nitrogens with zero attached hydrogens (tertiary/aromatic N) is 2. The van der Waals surface area contributed by atoms with E-state index in [0.717, 1.165) is 18.2 Å². The Kier molecular flexibility index (Phi) is 1.77. The number of nitrogens with two attached hydrogens (primary N) is 1. The first kappa shape index (κ1) is 9.59. The largest absolute Gasteiger partial charge is 0.382 e. The van der Waals surface area contributed by atoms with Crippen LogP contribution in [0.3, 0.4) is 0 Å². The maximum absolute atomic E-state index is 11.3. The van der Waals surface area contributed by atoms with E-state index in [0.29, 0.717) is 0 Å². The van der Waals surface area contributed by atoms with Gasteiger partial charge >= 0.3 is 0 Å². The number of non-ortho nitro benzene ring substituents is 1. The van der Waals surface area contributed by atoms with Gasteiger partial charge in [0.15, 0.2) is 0 Å². The smallest absolute Gasteiger partial charge is 0.285 e. The number of sulfonamides is 1. The minimum Gasteiger partial charge on any atom is -0.382 e. The minimum atomic E-state index is -3.76. The lowest BCUT2D eigenvalue weighted by Gasteiger charge is -1.97. The monoisotopic (exact) mass is 227 g/mol. The van der Waals surface area contributed by atoms with E-state index in [1.54, 1.807) is 0 Å². The maximum Gasteiger partial charge on any atom is 0.285 e. The second-order valence-corrected chi connectivity index (χ2v) is 4.46. The molecule has 7 nitrogen and oxygen atoms in total. The second kappa shape index (κ2) is 2.76. The lowest BCUT2D eigenvalue weighted by molar-refractivity contribution is -0.384. The average molecular weight is 227 g/mol. The Morgan fingerprint density at radius 1 is 1.40 bits per heavy atom. The molecule has 0 saturated carbocycles. The first-order chi connectivity index (χ1) is 6.92. The zero-order valence-corrected chi connectivity index (χ0v) is 8.06. The highest BCUT2D eigenvalue weighted by atomic mass is 32.2. The molecule has 0 aliphatic carbocycles. The Hall–Kier alpha value is -1.96. The van der Waals surface area contributed by atoms with Crippen molar-refractivity contribution >= 4 is 21.5 Å². The first-order valence-electron chi connectivity index (χ1n) is 3.81. The molecule has 1 aromatic carbocycles. The number of hydrogen-bond donors (Lipinski definition) is 1. The Morgan fingerprint density at radius 2 is 2.07 bits per heavy atom. The Balaban J connectivity index is 2.72. The van der Waals surface area contributed by atoms with Gasteiger partial charge in [0, 0.05) is 17.7 Å². The van der Waals surface area contributed by atoms with Crippen LogP contribution in [0.1, 0.15) is 5.56 Å². The van der Waals surface area contributed by atoms with Crippen LogP contribution >= 0.6 is 0 Å². The van der Waals surface area contributed by atoms with E-state index >= 15 is 0 Å². The quantitative estimate of drug-likeness (QED) is 0.535. The zero-order valence-electron chi connectivity index (χ0n) is 7.25. The normalized spacial score (nSPS) is 16.9. The molecule has 0 aromatic heterocycles. The maximum atomic E-state index is 11.3. The zero-order chi connectivity index (χ0) is 11.2. The van der Waals surface area contributed by atoms with E-state index in [1.165, 1.54) is 0 Å². The van der Waals surface area contributed by atoms with Crippen LogP contribution in [0.15, 0.2) is 27.5 Å². The molecule has 1 heterocycles. The van der Waals surface area contributed by atoms with Crippen molar-refractivity contribution in [3.63, 3.8) is 0 Å². The highest BCUT2D eigenvalue weighted by molar-refractivity contribution is 7.90. The van der Waals surface area contributed by atoms with Crippen molar-refractivity contribution < 1.29 is 13.3 Å². The molecule has 0 bridgehead atoms. The van der Waals surface area contributed by atoms with Crippen molar-refractivity contribution in [2.45, 2.75) is 4.90 Å². The summed E-state index contributed by atoms with van der Waals surface area (Å²) >= 11 is 0. The van der Waals surface area contributed by atoms with Crippen LogP contribution in [0.5, 0.6) is 0 Å². The van der Waals surface area contributed by atoms with Crippen molar-refractivity contribution in [2.24, 2.45) is 10.1 Å². The molecule has 0 radical (unpaired) electrons. The number of nitro groups is 1. The molecule has 0 fully saturated rings. The molecule has 1 aliphatic heterocycles. The summed E-state index contributed by atoms with van der Waals surface area (Å²) < 4.78 is 25.8. The summed E-state index contributed by atoms with van der Waals surface area (Å²) in [6.07, 6.45) is 0. The van der Waals surface area contributed by atoms with Gasteiger partial charge in [-0.05, 0) is 6.07 Å². The van der Waals surface area contributed by atoms with Crippen LogP contribution in [0.4, 0.5) is 5.69 Å². The number of rotatable bonds is 1. The predicted molar refractivity (Wildman–Crippen MR) is 51.0 cm³/mol. The number of fused-ring (bicyclic) bond motifs is 1. The SMILES string of the molecule is NC1=NS(=O)(=O)c2ccc([N+](=O)[O-])cc21. The van der Waals surface area contributed by atoms with Crippen molar-refractivity contribution in [3.8, 4) is 0 Å². The minimum absolute atomic E-state index is 0.0872. The van der Waals surface area contributed by atoms with Gasteiger partial charge in [-0.25, -0.2) is 0 Å². The molecule has 1 aromatic rings. The van der Waals surface area contributed by atoms with Crippen LogP contribution in [0, 0.1) is 10.1 Å². The molecule has 0 spiro atoms. The van der Waals surface area contributed by atoms with Gasteiger partial charge in [0.25, 0.3) is 15.7 Å². The van der Waals surface area contributed by atoms with Gasteiger partial charge in [-0.2, -0.15) is 8.42 Å². The molecule has 15 heavy (non-hydrogen) atoms. The van der Waals surface area contributed by atoms with Crippen LogP contribution < -0.4 is 5.73 Å². The van der Waals surface area contributed by atoms with E-state index in [-0.39, 0.29) is 22.0 Å². The van der Waals surface area contributed by atoms with Crippen LogP contribution in [0.25, 0.3) is 0 Å². The summed E-state index contributed by atoms with van der Waals surface area (Å²) in [5, 5.41) is 10.4. The van der Waals surface area contributed by atoms with Crippen LogP contribution in [-0.4, -0.2) is 19.2 Å². The molecular formula is C7H5N3O4S. The Morgan fingerprint density at radius 3 is 2.67 bits per heavy atom. The van der Waals surface area contributed by atoms with Crippen molar-refractivity contribution in [1.29, 1.82) is 0 Å².